The molecule has 0 unspecified atom stereocenters. The summed E-state index contributed by atoms with van der Waals surface area (Å²) < 4.78 is 4.52. The average Bonchev–Trinajstić information content (AvgIpc) is 2.04. The SMILES string of the molecule is C/C=C(/CCC(C)=O)C(=O)OC. The molecule has 0 rings (SSSR count). The van der Waals surface area contributed by atoms with Crippen molar-refractivity contribution in [2.75, 3.05) is 7.11 Å². The molecule has 0 saturated carbocycles. The highest BCUT2D eigenvalue weighted by atomic mass is 16.5. The van der Waals surface area contributed by atoms with Crippen LogP contribution in [0.3, 0.4) is 0 Å². The smallest absolute Gasteiger partial charge is 0.333 e. The van der Waals surface area contributed by atoms with E-state index in [1.807, 2.05) is 0 Å². The molecule has 3 nitrogen and oxygen atoms in total. The van der Waals surface area contributed by atoms with Gasteiger partial charge in [-0.05, 0) is 20.3 Å². The predicted octanol–water partition coefficient (Wildman–Crippen LogP) is 1.47. The molecule has 0 heterocycles. The van der Waals surface area contributed by atoms with Gasteiger partial charge < -0.3 is 9.53 Å². The van der Waals surface area contributed by atoms with Crippen molar-refractivity contribution in [3.63, 3.8) is 0 Å². The van der Waals surface area contributed by atoms with E-state index in [2.05, 4.69) is 4.74 Å². The summed E-state index contributed by atoms with van der Waals surface area (Å²) in [6.45, 7) is 3.26. The first-order chi connectivity index (χ1) is 5.61. The van der Waals surface area contributed by atoms with Gasteiger partial charge in [0.25, 0.3) is 0 Å². The van der Waals surface area contributed by atoms with Crippen molar-refractivity contribution < 1.29 is 14.3 Å². The second-order valence-corrected chi connectivity index (χ2v) is 2.51. The lowest BCUT2D eigenvalue weighted by Crippen LogP contribution is -2.05. The number of Topliss-reactive ketones (excluding diaryl/α,β-unsaturated/α-hetero) is 1. The van der Waals surface area contributed by atoms with Crippen LogP contribution in [0.25, 0.3) is 0 Å². The van der Waals surface area contributed by atoms with E-state index in [4.69, 9.17) is 0 Å². The van der Waals surface area contributed by atoms with Crippen molar-refractivity contribution in [1.82, 2.24) is 0 Å². The van der Waals surface area contributed by atoms with E-state index in [0.29, 0.717) is 18.4 Å². The summed E-state index contributed by atoms with van der Waals surface area (Å²) in [5, 5.41) is 0. The lowest BCUT2D eigenvalue weighted by molar-refractivity contribution is -0.136. The third-order valence-electron chi connectivity index (χ3n) is 1.54. The first kappa shape index (κ1) is 10.9. The number of carbonyl (C=O) groups is 2. The number of methoxy groups -OCH3 is 1. The average molecular weight is 170 g/mol. The van der Waals surface area contributed by atoms with Gasteiger partial charge in [0.2, 0.25) is 0 Å². The Morgan fingerprint density at radius 3 is 2.25 bits per heavy atom. The van der Waals surface area contributed by atoms with Gasteiger partial charge in [-0.1, -0.05) is 6.08 Å². The highest BCUT2D eigenvalue weighted by Gasteiger charge is 2.08. The Kier molecular flexibility index (Phi) is 5.00. The number of hydrogen-bond acceptors (Lipinski definition) is 3. The molecule has 0 aliphatic rings. The Bertz CT molecular complexity index is 204. The number of esters is 1. The summed E-state index contributed by atoms with van der Waals surface area (Å²) in [6, 6.07) is 0. The zero-order valence-corrected chi connectivity index (χ0v) is 7.72. The molecule has 0 saturated heterocycles. The number of carbonyl (C=O) groups excluding carboxylic acids is 2. The largest absolute Gasteiger partial charge is 0.466 e. The van der Waals surface area contributed by atoms with Crippen LogP contribution in [0.4, 0.5) is 0 Å². The van der Waals surface area contributed by atoms with Crippen LogP contribution in [0.2, 0.25) is 0 Å². The zero-order valence-electron chi connectivity index (χ0n) is 7.72. The van der Waals surface area contributed by atoms with E-state index >= 15 is 0 Å². The van der Waals surface area contributed by atoms with Crippen LogP contribution in [-0.4, -0.2) is 18.9 Å². The van der Waals surface area contributed by atoms with Gasteiger partial charge in [0.1, 0.15) is 5.78 Å². The van der Waals surface area contributed by atoms with E-state index in [-0.39, 0.29) is 11.8 Å². The van der Waals surface area contributed by atoms with E-state index in [0.717, 1.165) is 0 Å². The van der Waals surface area contributed by atoms with Gasteiger partial charge >= 0.3 is 5.97 Å². The molecule has 0 aliphatic carbocycles. The van der Waals surface area contributed by atoms with Crippen LogP contribution in [0.1, 0.15) is 26.7 Å². The van der Waals surface area contributed by atoms with Crippen molar-refractivity contribution in [1.29, 1.82) is 0 Å². The molecule has 0 atom stereocenters. The second-order valence-electron chi connectivity index (χ2n) is 2.51. The molecule has 0 aromatic carbocycles. The zero-order chi connectivity index (χ0) is 9.56. The minimum absolute atomic E-state index is 0.0817. The Balaban J connectivity index is 4.02. The molecule has 0 amide bonds. The molecule has 0 aromatic heterocycles. The molecule has 0 aliphatic heterocycles. The molecule has 0 spiro atoms. The minimum Gasteiger partial charge on any atom is -0.466 e. The lowest BCUT2D eigenvalue weighted by Gasteiger charge is -2.01. The molecule has 0 aromatic rings. The molecule has 12 heavy (non-hydrogen) atoms. The Labute approximate surface area is 72.4 Å². The molecule has 0 N–H and O–H groups in total. The Hall–Kier alpha value is -1.12. The van der Waals surface area contributed by atoms with Crippen molar-refractivity contribution in [2.45, 2.75) is 26.7 Å². The maximum absolute atomic E-state index is 11.0. The van der Waals surface area contributed by atoms with Crippen LogP contribution in [0.15, 0.2) is 11.6 Å². The number of ketones is 1. The lowest BCUT2D eigenvalue weighted by atomic mass is 10.1. The predicted molar refractivity (Wildman–Crippen MR) is 45.7 cm³/mol. The quantitative estimate of drug-likeness (QED) is 0.474. The molecular formula is C9H14O3. The normalized spacial score (nSPS) is 11.1. The van der Waals surface area contributed by atoms with Crippen molar-refractivity contribution in [2.24, 2.45) is 0 Å². The first-order valence-corrected chi connectivity index (χ1v) is 3.84. The van der Waals surface area contributed by atoms with Gasteiger partial charge in [-0.25, -0.2) is 4.79 Å². The molecule has 0 radical (unpaired) electrons. The van der Waals surface area contributed by atoms with Crippen LogP contribution < -0.4 is 0 Å². The number of hydrogen-bond donors (Lipinski definition) is 0. The summed E-state index contributed by atoms with van der Waals surface area (Å²) in [5.41, 5.74) is 0.563. The van der Waals surface area contributed by atoms with Gasteiger partial charge in [0.15, 0.2) is 0 Å². The summed E-state index contributed by atoms with van der Waals surface area (Å²) in [7, 11) is 1.33. The van der Waals surface area contributed by atoms with Crippen LogP contribution in [0.5, 0.6) is 0 Å². The van der Waals surface area contributed by atoms with Gasteiger partial charge in [-0.2, -0.15) is 0 Å². The second kappa shape index (κ2) is 5.52. The maximum Gasteiger partial charge on any atom is 0.333 e. The number of allylic oxidation sites excluding steroid dienone is 1. The fourth-order valence-electron chi connectivity index (χ4n) is 0.806. The van der Waals surface area contributed by atoms with Crippen LogP contribution in [0, 0.1) is 0 Å². The van der Waals surface area contributed by atoms with E-state index in [1.165, 1.54) is 14.0 Å². The van der Waals surface area contributed by atoms with Gasteiger partial charge in [-0.3, -0.25) is 0 Å². The van der Waals surface area contributed by atoms with E-state index in [9.17, 15) is 9.59 Å². The van der Waals surface area contributed by atoms with Crippen LogP contribution in [-0.2, 0) is 14.3 Å². The molecular weight excluding hydrogens is 156 g/mol. The third-order valence-corrected chi connectivity index (χ3v) is 1.54. The molecule has 0 bridgehead atoms. The summed E-state index contributed by atoms with van der Waals surface area (Å²) in [4.78, 5) is 21.5. The first-order valence-electron chi connectivity index (χ1n) is 3.84. The van der Waals surface area contributed by atoms with Crippen molar-refractivity contribution in [3.05, 3.63) is 11.6 Å². The summed E-state index contributed by atoms with van der Waals surface area (Å²) >= 11 is 0. The standard InChI is InChI=1S/C9H14O3/c1-4-8(9(11)12-3)6-5-7(2)10/h4H,5-6H2,1-3H3/b8-4-. The van der Waals surface area contributed by atoms with Crippen molar-refractivity contribution in [3.8, 4) is 0 Å². The fraction of sp³-hybridized carbons (Fsp3) is 0.556. The van der Waals surface area contributed by atoms with Crippen LogP contribution >= 0.6 is 0 Å². The fourth-order valence-corrected chi connectivity index (χ4v) is 0.806. The number of ether oxygens (including phenoxy) is 1. The maximum atomic E-state index is 11.0. The minimum atomic E-state index is -0.348. The van der Waals surface area contributed by atoms with Gasteiger partial charge in [0.05, 0.1) is 7.11 Å². The van der Waals surface area contributed by atoms with Gasteiger partial charge in [-0.15, -0.1) is 0 Å². The monoisotopic (exact) mass is 170 g/mol. The topological polar surface area (TPSA) is 43.4 Å². The third kappa shape index (κ3) is 3.91. The highest BCUT2D eigenvalue weighted by Crippen LogP contribution is 2.06. The Morgan fingerprint density at radius 2 is 1.92 bits per heavy atom. The molecule has 3 heteroatoms. The van der Waals surface area contributed by atoms with E-state index < -0.39 is 0 Å². The summed E-state index contributed by atoms with van der Waals surface area (Å²) in [5.74, 6) is -0.267. The Morgan fingerprint density at radius 1 is 1.33 bits per heavy atom. The van der Waals surface area contributed by atoms with Gasteiger partial charge in [0, 0.05) is 12.0 Å². The summed E-state index contributed by atoms with van der Waals surface area (Å²) in [6.07, 6.45) is 2.54. The van der Waals surface area contributed by atoms with E-state index in [1.54, 1.807) is 13.0 Å². The molecule has 0 fully saturated rings. The molecule has 68 valence electrons. The van der Waals surface area contributed by atoms with Crippen molar-refractivity contribution >= 4 is 11.8 Å². The highest BCUT2D eigenvalue weighted by molar-refractivity contribution is 5.89. The number of rotatable bonds is 4.